The van der Waals surface area contributed by atoms with Gasteiger partial charge in [-0.3, -0.25) is 0 Å². The lowest BCUT2D eigenvalue weighted by atomic mass is 10.00. The van der Waals surface area contributed by atoms with Crippen molar-refractivity contribution >= 4 is 5.69 Å². The summed E-state index contributed by atoms with van der Waals surface area (Å²) in [5, 5.41) is 9.92. The number of hydrogen-bond donors (Lipinski definition) is 1. The van der Waals surface area contributed by atoms with Crippen LogP contribution >= 0.6 is 0 Å². The molecule has 1 aromatic rings. The topological polar surface area (TPSA) is 23.5 Å². The summed E-state index contributed by atoms with van der Waals surface area (Å²) in [7, 11) is 0. The van der Waals surface area contributed by atoms with Crippen LogP contribution in [0.1, 0.15) is 57.8 Å². The van der Waals surface area contributed by atoms with Gasteiger partial charge in [0.05, 0.1) is 6.10 Å². The van der Waals surface area contributed by atoms with E-state index in [2.05, 4.69) is 25.7 Å². The van der Waals surface area contributed by atoms with Gasteiger partial charge in [-0.25, -0.2) is 4.39 Å². The summed E-state index contributed by atoms with van der Waals surface area (Å²) >= 11 is 0. The van der Waals surface area contributed by atoms with Gasteiger partial charge in [0.1, 0.15) is 5.82 Å². The average Bonchev–Trinajstić information content (AvgIpc) is 2.43. The van der Waals surface area contributed by atoms with Crippen molar-refractivity contribution in [3.05, 3.63) is 29.1 Å². The second-order valence-electron chi connectivity index (χ2n) is 5.56. The fraction of sp³-hybridized carbons (Fsp3) is 0.647. The van der Waals surface area contributed by atoms with Gasteiger partial charge in [0, 0.05) is 24.3 Å². The SMILES string of the molecule is CCC(CC)CN(CC)c1cc(C)c(F)cc1[C@H](C)O. The molecular weight excluding hydrogens is 253 g/mol. The molecule has 0 heterocycles. The number of rotatable bonds is 7. The number of nitrogens with zero attached hydrogens (tertiary/aromatic N) is 1. The normalized spacial score (nSPS) is 12.8. The number of aryl methyl sites for hydroxylation is 1. The van der Waals surface area contributed by atoms with Gasteiger partial charge >= 0.3 is 0 Å². The highest BCUT2D eigenvalue weighted by molar-refractivity contribution is 5.56. The van der Waals surface area contributed by atoms with Crippen molar-refractivity contribution in [2.45, 2.75) is 53.6 Å². The molecule has 114 valence electrons. The smallest absolute Gasteiger partial charge is 0.126 e. The first-order chi connectivity index (χ1) is 9.44. The molecule has 1 atom stereocenters. The van der Waals surface area contributed by atoms with Crippen molar-refractivity contribution in [3.8, 4) is 0 Å². The van der Waals surface area contributed by atoms with Gasteiger partial charge in [0.15, 0.2) is 0 Å². The Kier molecular flexibility index (Phi) is 6.47. The second kappa shape index (κ2) is 7.63. The van der Waals surface area contributed by atoms with E-state index < -0.39 is 6.10 Å². The van der Waals surface area contributed by atoms with Crippen molar-refractivity contribution in [2.75, 3.05) is 18.0 Å². The quantitative estimate of drug-likeness (QED) is 0.798. The lowest BCUT2D eigenvalue weighted by molar-refractivity contribution is 0.199. The summed E-state index contributed by atoms with van der Waals surface area (Å²) in [6.45, 7) is 11.8. The Labute approximate surface area is 122 Å². The van der Waals surface area contributed by atoms with E-state index in [0.29, 0.717) is 17.0 Å². The van der Waals surface area contributed by atoms with Gasteiger partial charge in [-0.15, -0.1) is 0 Å². The number of aliphatic hydroxyl groups is 1. The van der Waals surface area contributed by atoms with Crippen LogP contribution < -0.4 is 4.90 Å². The van der Waals surface area contributed by atoms with Gasteiger partial charge in [0.2, 0.25) is 0 Å². The minimum absolute atomic E-state index is 0.247. The molecule has 3 heteroatoms. The van der Waals surface area contributed by atoms with Crippen molar-refractivity contribution < 1.29 is 9.50 Å². The Morgan fingerprint density at radius 1 is 1.20 bits per heavy atom. The van der Waals surface area contributed by atoms with E-state index in [9.17, 15) is 9.50 Å². The molecule has 0 aliphatic heterocycles. The molecule has 2 nitrogen and oxygen atoms in total. The molecular formula is C17H28FNO. The number of aliphatic hydroxyl groups excluding tert-OH is 1. The minimum Gasteiger partial charge on any atom is -0.389 e. The Hall–Kier alpha value is -1.09. The van der Waals surface area contributed by atoms with Gasteiger partial charge in [0.25, 0.3) is 0 Å². The molecule has 20 heavy (non-hydrogen) atoms. The molecule has 0 amide bonds. The third kappa shape index (κ3) is 3.95. The van der Waals surface area contributed by atoms with Crippen LogP contribution in [0.4, 0.5) is 10.1 Å². The van der Waals surface area contributed by atoms with Crippen LogP contribution in [-0.4, -0.2) is 18.2 Å². The summed E-state index contributed by atoms with van der Waals surface area (Å²) in [5.41, 5.74) is 2.28. The minimum atomic E-state index is -0.657. The molecule has 1 N–H and O–H groups in total. The monoisotopic (exact) mass is 281 g/mol. The number of halogens is 1. The third-order valence-corrected chi connectivity index (χ3v) is 4.11. The average molecular weight is 281 g/mol. The number of hydrogen-bond acceptors (Lipinski definition) is 2. The fourth-order valence-electron chi connectivity index (χ4n) is 2.55. The Balaban J connectivity index is 3.16. The lowest BCUT2D eigenvalue weighted by Crippen LogP contribution is -2.30. The van der Waals surface area contributed by atoms with Gasteiger partial charge in [-0.05, 0) is 44.4 Å². The zero-order chi connectivity index (χ0) is 15.3. The summed E-state index contributed by atoms with van der Waals surface area (Å²) in [5.74, 6) is 0.380. The molecule has 0 aliphatic rings. The first-order valence-corrected chi connectivity index (χ1v) is 7.67. The highest BCUT2D eigenvalue weighted by Crippen LogP contribution is 2.30. The fourth-order valence-corrected chi connectivity index (χ4v) is 2.55. The standard InChI is InChI=1S/C17H28FNO/c1-6-14(7-2)11-19(8-3)17-9-12(4)16(18)10-15(17)13(5)20/h9-10,13-14,20H,6-8,11H2,1-5H3/t13-/m0/s1. The molecule has 0 aliphatic carbocycles. The van der Waals surface area contributed by atoms with E-state index in [-0.39, 0.29) is 5.82 Å². The molecule has 0 unspecified atom stereocenters. The van der Waals surface area contributed by atoms with Crippen LogP contribution in [0, 0.1) is 18.7 Å². The molecule has 0 spiro atoms. The largest absolute Gasteiger partial charge is 0.389 e. The second-order valence-corrected chi connectivity index (χ2v) is 5.56. The highest BCUT2D eigenvalue weighted by atomic mass is 19.1. The Bertz CT molecular complexity index is 427. The molecule has 0 saturated carbocycles. The maximum atomic E-state index is 13.8. The van der Waals surface area contributed by atoms with E-state index in [1.165, 1.54) is 6.07 Å². The van der Waals surface area contributed by atoms with Crippen LogP contribution in [0.3, 0.4) is 0 Å². The van der Waals surface area contributed by atoms with Gasteiger partial charge in [-0.2, -0.15) is 0 Å². The molecule has 0 fully saturated rings. The molecule has 0 radical (unpaired) electrons. The molecule has 0 aromatic heterocycles. The van der Waals surface area contributed by atoms with E-state index in [1.54, 1.807) is 13.8 Å². The van der Waals surface area contributed by atoms with Crippen LogP contribution in [-0.2, 0) is 0 Å². The summed E-state index contributed by atoms with van der Waals surface area (Å²) in [4.78, 5) is 2.26. The lowest BCUT2D eigenvalue weighted by Gasteiger charge is -2.30. The molecule has 1 aromatic carbocycles. The van der Waals surface area contributed by atoms with Gasteiger partial charge in [-0.1, -0.05) is 26.7 Å². The summed E-state index contributed by atoms with van der Waals surface area (Å²) in [6.07, 6.45) is 1.62. The predicted molar refractivity (Wildman–Crippen MR) is 83.7 cm³/mol. The van der Waals surface area contributed by atoms with E-state index in [0.717, 1.165) is 31.6 Å². The van der Waals surface area contributed by atoms with Crippen LogP contribution in [0.2, 0.25) is 0 Å². The zero-order valence-electron chi connectivity index (χ0n) is 13.4. The molecule has 0 saturated heterocycles. The van der Waals surface area contributed by atoms with Crippen molar-refractivity contribution in [1.82, 2.24) is 0 Å². The molecule has 1 rings (SSSR count). The van der Waals surface area contributed by atoms with Crippen LogP contribution in [0.25, 0.3) is 0 Å². The van der Waals surface area contributed by atoms with E-state index in [4.69, 9.17) is 0 Å². The third-order valence-electron chi connectivity index (χ3n) is 4.11. The van der Waals surface area contributed by atoms with Crippen molar-refractivity contribution in [2.24, 2.45) is 5.92 Å². The molecule has 0 bridgehead atoms. The van der Waals surface area contributed by atoms with Crippen LogP contribution in [0.15, 0.2) is 12.1 Å². The Morgan fingerprint density at radius 3 is 2.25 bits per heavy atom. The first-order valence-electron chi connectivity index (χ1n) is 7.67. The predicted octanol–water partition coefficient (Wildman–Crippen LogP) is 4.45. The highest BCUT2D eigenvalue weighted by Gasteiger charge is 2.18. The van der Waals surface area contributed by atoms with Gasteiger partial charge < -0.3 is 10.0 Å². The number of benzene rings is 1. The van der Waals surface area contributed by atoms with E-state index in [1.807, 2.05) is 6.07 Å². The summed E-state index contributed by atoms with van der Waals surface area (Å²) in [6, 6.07) is 3.34. The maximum Gasteiger partial charge on any atom is 0.126 e. The van der Waals surface area contributed by atoms with E-state index >= 15 is 0 Å². The van der Waals surface area contributed by atoms with Crippen molar-refractivity contribution in [1.29, 1.82) is 0 Å². The van der Waals surface area contributed by atoms with Crippen molar-refractivity contribution in [3.63, 3.8) is 0 Å². The maximum absolute atomic E-state index is 13.8. The van der Waals surface area contributed by atoms with Crippen LogP contribution in [0.5, 0.6) is 0 Å². The first kappa shape index (κ1) is 17.0. The number of anilines is 1. The Morgan fingerprint density at radius 2 is 1.80 bits per heavy atom. The zero-order valence-corrected chi connectivity index (χ0v) is 13.4. The summed E-state index contributed by atoms with van der Waals surface area (Å²) < 4.78 is 13.8.